The fourth-order valence-corrected chi connectivity index (χ4v) is 2.34. The second kappa shape index (κ2) is 5.32. The lowest BCUT2D eigenvalue weighted by Gasteiger charge is -2.19. The minimum atomic E-state index is -0.0240. The van der Waals surface area contributed by atoms with Crippen molar-refractivity contribution in [3.05, 3.63) is 29.8 Å². The molecule has 1 aromatic rings. The molecule has 0 aromatic heterocycles. The summed E-state index contributed by atoms with van der Waals surface area (Å²) in [5, 5.41) is 2.97. The molecule has 1 saturated heterocycles. The zero-order valence-electron chi connectivity index (χ0n) is 11.5. The van der Waals surface area contributed by atoms with Crippen LogP contribution in [0.5, 0.6) is 0 Å². The maximum atomic E-state index is 12.2. The molecule has 0 radical (unpaired) electrons. The standard InChI is InChI=1S/C14H20N2O/c1-3-11-7-4-5-8-12(11)15-14(17)13-9-6-10-16(13)2/h4-5,7-8,13H,3,6,9-10H2,1-2H3,(H,15,17)/t13-/m0/s1/i7D. The predicted molar refractivity (Wildman–Crippen MR) is 70.1 cm³/mol. The first-order chi connectivity index (χ1) is 8.63. The van der Waals surface area contributed by atoms with Gasteiger partial charge >= 0.3 is 0 Å². The van der Waals surface area contributed by atoms with E-state index in [1.54, 1.807) is 6.07 Å². The molecule has 0 aliphatic carbocycles. The Bertz CT molecular complexity index is 447. The van der Waals surface area contributed by atoms with Crippen molar-refractivity contribution in [2.75, 3.05) is 18.9 Å². The summed E-state index contributed by atoms with van der Waals surface area (Å²) in [6, 6.07) is 5.93. The van der Waals surface area contributed by atoms with Gasteiger partial charge in [-0.15, -0.1) is 0 Å². The molecule has 1 fully saturated rings. The normalized spacial score (nSPS) is 21.3. The molecular weight excluding hydrogens is 212 g/mol. The van der Waals surface area contributed by atoms with Gasteiger partial charge in [-0.3, -0.25) is 9.69 Å². The Hall–Kier alpha value is -1.35. The third-order valence-electron chi connectivity index (χ3n) is 3.38. The van der Waals surface area contributed by atoms with E-state index in [1.165, 1.54) is 0 Å². The molecule has 0 saturated carbocycles. The van der Waals surface area contributed by atoms with E-state index >= 15 is 0 Å². The summed E-state index contributed by atoms with van der Waals surface area (Å²) in [5.41, 5.74) is 1.70. The summed E-state index contributed by atoms with van der Waals surface area (Å²) in [6.45, 7) is 2.99. The Morgan fingerprint density at radius 1 is 1.65 bits per heavy atom. The number of carbonyl (C=O) groups excluding carboxylic acids is 1. The SMILES string of the molecule is [2H]c1cccc(NC(=O)[C@@H]2CCCN2C)c1CC. The lowest BCUT2D eigenvalue weighted by atomic mass is 10.1. The Kier molecular flexibility index (Phi) is 3.37. The van der Waals surface area contributed by atoms with Crippen molar-refractivity contribution < 1.29 is 6.17 Å². The van der Waals surface area contributed by atoms with E-state index in [4.69, 9.17) is 1.37 Å². The van der Waals surface area contributed by atoms with Gasteiger partial charge in [-0.1, -0.05) is 25.1 Å². The van der Waals surface area contributed by atoms with Crippen molar-refractivity contribution in [2.45, 2.75) is 32.2 Å². The van der Waals surface area contributed by atoms with Gasteiger partial charge in [0.25, 0.3) is 0 Å². The smallest absolute Gasteiger partial charge is 0.241 e. The number of para-hydroxylation sites is 1. The average Bonchev–Trinajstić information content (AvgIpc) is 2.76. The number of carbonyl (C=O) groups is 1. The molecule has 17 heavy (non-hydrogen) atoms. The van der Waals surface area contributed by atoms with E-state index in [1.807, 2.05) is 26.1 Å². The number of amides is 1. The molecule has 0 unspecified atom stereocenters. The number of nitrogens with zero attached hydrogens (tertiary/aromatic N) is 1. The van der Waals surface area contributed by atoms with Crippen molar-refractivity contribution in [3.8, 4) is 0 Å². The Balaban J connectivity index is 2.14. The highest BCUT2D eigenvalue weighted by Gasteiger charge is 2.27. The number of benzene rings is 1. The second-order valence-electron chi connectivity index (χ2n) is 4.54. The van der Waals surface area contributed by atoms with E-state index in [0.717, 1.165) is 37.1 Å². The molecule has 1 aliphatic rings. The first-order valence-corrected chi connectivity index (χ1v) is 6.23. The summed E-state index contributed by atoms with van der Waals surface area (Å²) in [4.78, 5) is 14.3. The minimum absolute atomic E-state index is 0.0240. The topological polar surface area (TPSA) is 32.3 Å². The van der Waals surface area contributed by atoms with Crippen molar-refractivity contribution >= 4 is 11.6 Å². The van der Waals surface area contributed by atoms with Gasteiger partial charge in [0.15, 0.2) is 0 Å². The van der Waals surface area contributed by atoms with Gasteiger partial charge in [0.2, 0.25) is 5.91 Å². The third-order valence-corrected chi connectivity index (χ3v) is 3.38. The van der Waals surface area contributed by atoms with E-state index in [-0.39, 0.29) is 11.9 Å². The van der Waals surface area contributed by atoms with Crippen molar-refractivity contribution in [1.82, 2.24) is 4.90 Å². The van der Waals surface area contributed by atoms with Crippen LogP contribution < -0.4 is 5.32 Å². The summed E-state index contributed by atoms with van der Waals surface area (Å²) in [7, 11) is 1.99. The molecule has 2 rings (SSSR count). The van der Waals surface area contributed by atoms with Crippen molar-refractivity contribution in [3.63, 3.8) is 0 Å². The molecule has 1 heterocycles. The van der Waals surface area contributed by atoms with Crippen LogP contribution in [0, 0.1) is 0 Å². The molecule has 1 atom stereocenters. The number of likely N-dealkylation sites (N-methyl/N-ethyl adjacent to an activating group) is 1. The van der Waals surface area contributed by atoms with Crippen LogP contribution in [-0.4, -0.2) is 30.4 Å². The van der Waals surface area contributed by atoms with Gasteiger partial charge in [0, 0.05) is 5.69 Å². The maximum Gasteiger partial charge on any atom is 0.241 e. The first-order valence-electron chi connectivity index (χ1n) is 6.73. The van der Waals surface area contributed by atoms with Gasteiger partial charge in [0.05, 0.1) is 7.41 Å². The average molecular weight is 233 g/mol. The molecular formula is C14H20N2O. The summed E-state index contributed by atoms with van der Waals surface area (Å²) in [6.07, 6.45) is 2.76. The van der Waals surface area contributed by atoms with Gasteiger partial charge < -0.3 is 5.32 Å². The van der Waals surface area contributed by atoms with Crippen LogP contribution in [0.3, 0.4) is 0 Å². The zero-order chi connectivity index (χ0) is 13.1. The fourth-order valence-electron chi connectivity index (χ4n) is 2.34. The molecule has 1 N–H and O–H groups in total. The maximum absolute atomic E-state index is 12.2. The number of hydrogen-bond acceptors (Lipinski definition) is 2. The number of nitrogens with one attached hydrogen (secondary N) is 1. The van der Waals surface area contributed by atoms with Crippen LogP contribution in [0.15, 0.2) is 24.2 Å². The van der Waals surface area contributed by atoms with Crippen molar-refractivity contribution in [2.24, 2.45) is 0 Å². The molecule has 0 spiro atoms. The highest BCUT2D eigenvalue weighted by Crippen LogP contribution is 2.19. The van der Waals surface area contributed by atoms with E-state index in [2.05, 4.69) is 10.2 Å². The van der Waals surface area contributed by atoms with Crippen LogP contribution in [0.25, 0.3) is 0 Å². The summed E-state index contributed by atoms with van der Waals surface area (Å²) < 4.78 is 7.84. The highest BCUT2D eigenvalue weighted by molar-refractivity contribution is 5.95. The molecule has 1 aliphatic heterocycles. The fraction of sp³-hybridized carbons (Fsp3) is 0.500. The van der Waals surface area contributed by atoms with E-state index in [0.29, 0.717) is 6.04 Å². The van der Waals surface area contributed by atoms with Crippen molar-refractivity contribution in [1.29, 1.82) is 0 Å². The third kappa shape index (κ3) is 2.67. The molecule has 0 bridgehead atoms. The largest absolute Gasteiger partial charge is 0.324 e. The van der Waals surface area contributed by atoms with Crippen LogP contribution in [0.2, 0.25) is 0 Å². The van der Waals surface area contributed by atoms with Gasteiger partial charge in [-0.25, -0.2) is 0 Å². The number of likely N-dealkylation sites (tertiary alicyclic amines) is 1. The molecule has 3 nitrogen and oxygen atoms in total. The quantitative estimate of drug-likeness (QED) is 0.868. The first kappa shape index (κ1) is 10.8. The predicted octanol–water partition coefficient (Wildman–Crippen LogP) is 2.28. The lowest BCUT2D eigenvalue weighted by Crippen LogP contribution is -2.37. The number of anilines is 1. The van der Waals surface area contributed by atoms with E-state index in [9.17, 15) is 4.79 Å². The van der Waals surface area contributed by atoms with Crippen LogP contribution in [0.4, 0.5) is 5.69 Å². The Morgan fingerprint density at radius 3 is 3.12 bits per heavy atom. The Morgan fingerprint density at radius 2 is 2.47 bits per heavy atom. The van der Waals surface area contributed by atoms with Crippen LogP contribution in [0.1, 0.15) is 26.7 Å². The summed E-state index contributed by atoms with van der Waals surface area (Å²) >= 11 is 0. The molecule has 1 amide bonds. The van der Waals surface area contributed by atoms with Gasteiger partial charge in [-0.2, -0.15) is 0 Å². The summed E-state index contributed by atoms with van der Waals surface area (Å²) in [5.74, 6) is 0.0512. The number of hydrogen-bond donors (Lipinski definition) is 1. The van der Waals surface area contributed by atoms with Gasteiger partial charge in [-0.05, 0) is 44.5 Å². The lowest BCUT2D eigenvalue weighted by molar-refractivity contribution is -0.119. The molecule has 92 valence electrons. The minimum Gasteiger partial charge on any atom is -0.324 e. The second-order valence-corrected chi connectivity index (χ2v) is 4.54. The van der Waals surface area contributed by atoms with Crippen LogP contribution >= 0.6 is 0 Å². The monoisotopic (exact) mass is 233 g/mol. The van der Waals surface area contributed by atoms with Crippen LogP contribution in [-0.2, 0) is 11.2 Å². The molecule has 3 heteroatoms. The van der Waals surface area contributed by atoms with E-state index < -0.39 is 0 Å². The van der Waals surface area contributed by atoms with Gasteiger partial charge in [0.1, 0.15) is 0 Å². The molecule has 1 aromatic carbocycles. The highest BCUT2D eigenvalue weighted by atomic mass is 16.2. The zero-order valence-corrected chi connectivity index (χ0v) is 10.5. The Labute approximate surface area is 104 Å². The number of rotatable bonds is 3.